The Kier molecular flexibility index (Phi) is 4.49. The number of nitro benzene ring substituents is 1. The molecule has 0 bridgehead atoms. The van der Waals surface area contributed by atoms with Gasteiger partial charge in [-0.15, -0.1) is 0 Å². The molecule has 3 rings (SSSR count). The van der Waals surface area contributed by atoms with Crippen molar-refractivity contribution in [3.05, 3.63) is 85.2 Å². The van der Waals surface area contributed by atoms with Crippen molar-refractivity contribution in [3.63, 3.8) is 0 Å². The van der Waals surface area contributed by atoms with E-state index in [4.69, 9.17) is 20.8 Å². The molecule has 0 amide bonds. The van der Waals surface area contributed by atoms with Gasteiger partial charge < -0.3 is 9.15 Å². The number of nitro groups is 1. The zero-order valence-corrected chi connectivity index (χ0v) is 13.4. The van der Waals surface area contributed by atoms with Crippen LogP contribution in [0.3, 0.4) is 0 Å². The Morgan fingerprint density at radius 1 is 1.16 bits per heavy atom. The van der Waals surface area contributed by atoms with Gasteiger partial charge in [-0.2, -0.15) is 0 Å². The van der Waals surface area contributed by atoms with E-state index in [0.717, 1.165) is 6.07 Å². The molecule has 25 heavy (non-hydrogen) atoms. The average molecular weight is 360 g/mol. The van der Waals surface area contributed by atoms with E-state index in [-0.39, 0.29) is 29.0 Å². The number of fused-ring (bicyclic) bond motifs is 1. The zero-order chi connectivity index (χ0) is 18.0. The molecular formula is C17H10ClNO6. The molecular weight excluding hydrogens is 350 g/mol. The van der Waals surface area contributed by atoms with Crippen LogP contribution in [0.2, 0.25) is 5.02 Å². The number of nitrogens with zero attached hydrogens (tertiary/aromatic N) is 1. The molecule has 0 radical (unpaired) electrons. The van der Waals surface area contributed by atoms with Gasteiger partial charge in [0.1, 0.15) is 12.2 Å². The molecule has 0 fully saturated rings. The van der Waals surface area contributed by atoms with Gasteiger partial charge in [0, 0.05) is 23.2 Å². The smallest absolute Gasteiger partial charge is 0.374 e. The van der Waals surface area contributed by atoms with Crippen molar-refractivity contribution in [1.29, 1.82) is 0 Å². The second kappa shape index (κ2) is 6.74. The lowest BCUT2D eigenvalue weighted by molar-refractivity contribution is -0.384. The van der Waals surface area contributed by atoms with Crippen LogP contribution >= 0.6 is 11.6 Å². The van der Waals surface area contributed by atoms with Crippen LogP contribution in [-0.4, -0.2) is 10.9 Å². The highest BCUT2D eigenvalue weighted by Crippen LogP contribution is 2.18. The standard InChI is InChI=1S/C17H10ClNO6/c18-11-3-6-15-13(7-11)14(20)8-16(25-15)17(21)24-9-10-1-4-12(5-2-10)19(22)23/h1-8H,9H2. The molecule has 0 saturated heterocycles. The molecule has 0 aliphatic heterocycles. The van der Waals surface area contributed by atoms with E-state index in [2.05, 4.69) is 0 Å². The maximum atomic E-state index is 12.1. The molecule has 0 atom stereocenters. The van der Waals surface area contributed by atoms with Crippen LogP contribution < -0.4 is 5.43 Å². The Labute approximate surface area is 145 Å². The predicted octanol–water partition coefficient (Wildman–Crippen LogP) is 3.71. The molecule has 0 spiro atoms. The van der Waals surface area contributed by atoms with Crippen LogP contribution in [0.5, 0.6) is 0 Å². The molecule has 1 aromatic heterocycles. The maximum Gasteiger partial charge on any atom is 0.374 e. The molecule has 126 valence electrons. The number of carbonyl (C=O) groups is 1. The number of esters is 1. The summed E-state index contributed by atoms with van der Waals surface area (Å²) in [4.78, 5) is 34.2. The fourth-order valence-electron chi connectivity index (χ4n) is 2.16. The molecule has 7 nitrogen and oxygen atoms in total. The SMILES string of the molecule is O=C(OCc1ccc([N+](=O)[O-])cc1)c1cc(=O)c2cc(Cl)ccc2o1. The summed E-state index contributed by atoms with van der Waals surface area (Å²) in [5.41, 5.74) is 0.313. The van der Waals surface area contributed by atoms with Crippen molar-refractivity contribution < 1.29 is 18.9 Å². The largest absolute Gasteiger partial charge is 0.455 e. The van der Waals surface area contributed by atoms with Crippen molar-refractivity contribution in [2.75, 3.05) is 0 Å². The topological polar surface area (TPSA) is 99.6 Å². The third kappa shape index (κ3) is 3.67. The maximum absolute atomic E-state index is 12.1. The van der Waals surface area contributed by atoms with Gasteiger partial charge in [-0.25, -0.2) is 4.79 Å². The second-order valence-electron chi connectivity index (χ2n) is 5.12. The first-order valence-corrected chi connectivity index (χ1v) is 7.46. The molecule has 0 aliphatic carbocycles. The van der Waals surface area contributed by atoms with Crippen molar-refractivity contribution in [2.45, 2.75) is 6.61 Å². The molecule has 8 heteroatoms. The Bertz CT molecular complexity index is 1030. The van der Waals surface area contributed by atoms with E-state index in [0.29, 0.717) is 10.6 Å². The molecule has 0 N–H and O–H groups in total. The molecule has 1 heterocycles. The predicted molar refractivity (Wildman–Crippen MR) is 89.7 cm³/mol. The van der Waals surface area contributed by atoms with Gasteiger partial charge in [0.15, 0.2) is 5.43 Å². The fourth-order valence-corrected chi connectivity index (χ4v) is 2.34. The van der Waals surface area contributed by atoms with Crippen molar-refractivity contribution in [3.8, 4) is 0 Å². The van der Waals surface area contributed by atoms with Gasteiger partial charge in [-0.05, 0) is 35.9 Å². The summed E-state index contributed by atoms with van der Waals surface area (Å²) in [7, 11) is 0. The number of non-ortho nitro benzene ring substituents is 1. The summed E-state index contributed by atoms with van der Waals surface area (Å²) in [6.07, 6.45) is 0. The Morgan fingerprint density at radius 2 is 1.88 bits per heavy atom. The molecule has 0 saturated carbocycles. The number of ether oxygens (including phenoxy) is 1. The normalized spacial score (nSPS) is 10.6. The van der Waals surface area contributed by atoms with Crippen molar-refractivity contribution >= 4 is 34.2 Å². The number of halogens is 1. The van der Waals surface area contributed by atoms with E-state index in [1.54, 1.807) is 6.07 Å². The van der Waals surface area contributed by atoms with E-state index < -0.39 is 16.3 Å². The highest BCUT2D eigenvalue weighted by Gasteiger charge is 2.14. The highest BCUT2D eigenvalue weighted by molar-refractivity contribution is 6.31. The van der Waals surface area contributed by atoms with Crippen LogP contribution in [0.1, 0.15) is 16.1 Å². The zero-order valence-electron chi connectivity index (χ0n) is 12.6. The first-order chi connectivity index (χ1) is 11.9. The number of benzene rings is 2. The fraction of sp³-hybridized carbons (Fsp3) is 0.0588. The number of carbonyl (C=O) groups excluding carboxylic acids is 1. The third-order valence-corrected chi connectivity index (χ3v) is 3.64. The molecule has 0 aliphatic rings. The van der Waals surface area contributed by atoms with Gasteiger partial charge in [-0.1, -0.05) is 11.6 Å². The van der Waals surface area contributed by atoms with Crippen molar-refractivity contribution in [1.82, 2.24) is 0 Å². The first kappa shape index (κ1) is 16.7. The van der Waals surface area contributed by atoms with E-state index in [9.17, 15) is 19.7 Å². The Morgan fingerprint density at radius 3 is 2.56 bits per heavy atom. The summed E-state index contributed by atoms with van der Waals surface area (Å²) in [5.74, 6) is -1.05. The monoisotopic (exact) mass is 359 g/mol. The lowest BCUT2D eigenvalue weighted by Gasteiger charge is -2.05. The van der Waals surface area contributed by atoms with Gasteiger partial charge in [0.05, 0.1) is 10.3 Å². The highest BCUT2D eigenvalue weighted by atomic mass is 35.5. The average Bonchev–Trinajstić information content (AvgIpc) is 2.60. The van der Waals surface area contributed by atoms with Crippen LogP contribution in [0.15, 0.2) is 57.7 Å². The molecule has 2 aromatic carbocycles. The minimum atomic E-state index is -0.813. The van der Waals surface area contributed by atoms with Crippen LogP contribution in [-0.2, 0) is 11.3 Å². The lowest BCUT2D eigenvalue weighted by Crippen LogP contribution is -2.10. The van der Waals surface area contributed by atoms with Gasteiger partial charge in [-0.3, -0.25) is 14.9 Å². The molecule has 3 aromatic rings. The summed E-state index contributed by atoms with van der Waals surface area (Å²) >= 11 is 5.83. The summed E-state index contributed by atoms with van der Waals surface area (Å²) < 4.78 is 10.5. The number of hydrogen-bond donors (Lipinski definition) is 0. The minimum Gasteiger partial charge on any atom is -0.455 e. The quantitative estimate of drug-likeness (QED) is 0.400. The summed E-state index contributed by atoms with van der Waals surface area (Å²) in [6, 6.07) is 11.1. The van der Waals surface area contributed by atoms with Crippen LogP contribution in [0.4, 0.5) is 5.69 Å². The van der Waals surface area contributed by atoms with Crippen LogP contribution in [0.25, 0.3) is 11.0 Å². The van der Waals surface area contributed by atoms with Gasteiger partial charge in [0.2, 0.25) is 5.76 Å². The Hall–Kier alpha value is -3.19. The second-order valence-corrected chi connectivity index (χ2v) is 5.55. The minimum absolute atomic E-state index is 0.0609. The number of rotatable bonds is 4. The van der Waals surface area contributed by atoms with E-state index in [1.807, 2.05) is 0 Å². The summed E-state index contributed by atoms with van der Waals surface area (Å²) in [6.45, 7) is -0.112. The number of hydrogen-bond acceptors (Lipinski definition) is 6. The van der Waals surface area contributed by atoms with Crippen molar-refractivity contribution in [2.24, 2.45) is 0 Å². The van der Waals surface area contributed by atoms with Gasteiger partial charge in [0.25, 0.3) is 5.69 Å². The van der Waals surface area contributed by atoms with Crippen LogP contribution in [0, 0.1) is 10.1 Å². The summed E-state index contributed by atoms with van der Waals surface area (Å²) in [5, 5.41) is 11.2. The first-order valence-electron chi connectivity index (χ1n) is 7.08. The van der Waals surface area contributed by atoms with Gasteiger partial charge >= 0.3 is 5.97 Å². The van der Waals surface area contributed by atoms with E-state index in [1.165, 1.54) is 36.4 Å². The van der Waals surface area contributed by atoms with E-state index >= 15 is 0 Å². The Balaban J connectivity index is 1.77. The molecule has 0 unspecified atom stereocenters. The third-order valence-electron chi connectivity index (χ3n) is 3.41. The lowest BCUT2D eigenvalue weighted by atomic mass is 10.2.